The number of rotatable bonds is 12. The first-order valence-electron chi connectivity index (χ1n) is 15.5. The van der Waals surface area contributed by atoms with Crippen molar-refractivity contribution >= 4 is 18.0 Å². The van der Waals surface area contributed by atoms with Gasteiger partial charge in [-0.25, -0.2) is 4.79 Å². The van der Waals surface area contributed by atoms with Gasteiger partial charge in [-0.2, -0.15) is 0 Å². The van der Waals surface area contributed by atoms with Crippen molar-refractivity contribution in [1.29, 1.82) is 0 Å². The van der Waals surface area contributed by atoms with Crippen LogP contribution in [0.5, 0.6) is 0 Å². The zero-order valence-corrected chi connectivity index (χ0v) is 28.4. The quantitative estimate of drug-likeness (QED) is 0.240. The van der Waals surface area contributed by atoms with Crippen molar-refractivity contribution in [2.24, 2.45) is 0 Å². The van der Waals surface area contributed by atoms with E-state index >= 15 is 0 Å². The SMILES string of the molecule is C=CCN(C(=O)OC(C)(C)C)[C@@H](CC(=O)N[C@@H](CC(=O)OC)[C@H]1O[C@@H]2OC(C)(C)O[C@@H]2[C@H]1OC)[C@H]1O[C@@H]2OC(C)(C)O[C@@H]2[C@H]1OC. The third-order valence-corrected chi connectivity index (χ3v) is 8.08. The van der Waals surface area contributed by atoms with E-state index in [4.69, 9.17) is 47.4 Å². The predicted molar refractivity (Wildman–Crippen MR) is 159 cm³/mol. The fourth-order valence-corrected chi connectivity index (χ4v) is 6.35. The van der Waals surface area contributed by atoms with Crippen LogP contribution in [0.25, 0.3) is 0 Å². The van der Waals surface area contributed by atoms with Crippen molar-refractivity contribution in [3.63, 3.8) is 0 Å². The molecule has 2 amide bonds. The molecule has 4 aliphatic heterocycles. The molecule has 0 aromatic heterocycles. The van der Waals surface area contributed by atoms with Gasteiger partial charge >= 0.3 is 12.1 Å². The predicted octanol–water partition coefficient (Wildman–Crippen LogP) is 2.00. The molecule has 1 N–H and O–H groups in total. The Bertz CT molecular complexity index is 1120. The van der Waals surface area contributed by atoms with Crippen LogP contribution in [0.4, 0.5) is 4.79 Å². The lowest BCUT2D eigenvalue weighted by Crippen LogP contribution is -2.56. The minimum atomic E-state index is -0.938. The summed E-state index contributed by atoms with van der Waals surface area (Å²) in [6.45, 7) is 16.1. The van der Waals surface area contributed by atoms with Crippen molar-refractivity contribution < 1.29 is 61.8 Å². The van der Waals surface area contributed by atoms with Gasteiger partial charge in [-0.3, -0.25) is 14.5 Å². The van der Waals surface area contributed by atoms with E-state index < -0.39 is 96.4 Å². The second-order valence-corrected chi connectivity index (χ2v) is 13.7. The normalized spacial score (nSPS) is 33.9. The van der Waals surface area contributed by atoms with Crippen LogP contribution in [-0.2, 0) is 57.0 Å². The number of esters is 1. The summed E-state index contributed by atoms with van der Waals surface area (Å²) < 4.78 is 58.5. The van der Waals surface area contributed by atoms with Crippen LogP contribution in [-0.4, -0.2) is 129 Å². The molecule has 0 saturated carbocycles. The molecule has 4 saturated heterocycles. The van der Waals surface area contributed by atoms with E-state index in [1.165, 1.54) is 32.3 Å². The van der Waals surface area contributed by atoms with E-state index in [1.54, 1.807) is 48.5 Å². The highest BCUT2D eigenvalue weighted by Gasteiger charge is 2.59. The van der Waals surface area contributed by atoms with Gasteiger partial charge in [0, 0.05) is 27.2 Å². The summed E-state index contributed by atoms with van der Waals surface area (Å²) >= 11 is 0. The molecule has 15 nitrogen and oxygen atoms in total. The van der Waals surface area contributed by atoms with E-state index in [9.17, 15) is 14.4 Å². The molecule has 0 aromatic carbocycles. The van der Waals surface area contributed by atoms with Gasteiger partial charge < -0.3 is 52.7 Å². The largest absolute Gasteiger partial charge is 0.469 e. The number of carbonyl (C=O) groups excluding carboxylic acids is 3. The molecule has 15 heteroatoms. The van der Waals surface area contributed by atoms with Gasteiger partial charge in [-0.1, -0.05) is 6.08 Å². The van der Waals surface area contributed by atoms with Gasteiger partial charge in [-0.05, 0) is 48.5 Å². The average Bonchev–Trinajstić information content (AvgIpc) is 3.62. The Labute approximate surface area is 270 Å². The van der Waals surface area contributed by atoms with Crippen LogP contribution in [0.2, 0.25) is 0 Å². The third-order valence-electron chi connectivity index (χ3n) is 8.08. The zero-order valence-electron chi connectivity index (χ0n) is 28.4. The van der Waals surface area contributed by atoms with E-state index in [2.05, 4.69) is 11.9 Å². The molecule has 0 radical (unpaired) electrons. The molecule has 10 atom stereocenters. The van der Waals surface area contributed by atoms with Crippen LogP contribution in [0.3, 0.4) is 0 Å². The standard InChI is InChI=1S/C31H50N2O13/c1-12-13-33(28(36)46-29(2,3)4)17(21-23(39-11)25-27(41-21)45-31(7,8)43-25)15-18(34)32-16(14-19(35)37-9)20-22(38-10)24-26(40-20)44-30(5,6)42-24/h12,16-17,20-27H,1,13-15H2,2-11H3,(H,32,34)/t16-,17-,20+,21+,22-,23-,24+,25+,26+,27+/m0/s1. The fraction of sp³-hybridized carbons (Fsp3) is 0.839. The summed E-state index contributed by atoms with van der Waals surface area (Å²) in [4.78, 5) is 41.4. The summed E-state index contributed by atoms with van der Waals surface area (Å²) in [7, 11) is 4.24. The molecule has 0 aromatic rings. The Morgan fingerprint density at radius 2 is 1.39 bits per heavy atom. The van der Waals surface area contributed by atoms with Crippen molar-refractivity contribution in [3.05, 3.63) is 12.7 Å². The topological polar surface area (TPSA) is 159 Å². The van der Waals surface area contributed by atoms with E-state index in [0.29, 0.717) is 0 Å². The zero-order chi connectivity index (χ0) is 34.2. The molecular formula is C31H50N2O13. The summed E-state index contributed by atoms with van der Waals surface area (Å²) in [6, 6.07) is -1.84. The Balaban J connectivity index is 1.61. The first-order valence-corrected chi connectivity index (χ1v) is 15.5. The first kappa shape index (κ1) is 36.5. The van der Waals surface area contributed by atoms with Crippen LogP contribution in [0.15, 0.2) is 12.7 Å². The Morgan fingerprint density at radius 3 is 1.87 bits per heavy atom. The number of carbonyl (C=O) groups is 3. The number of nitrogens with zero attached hydrogens (tertiary/aromatic N) is 1. The molecule has 0 unspecified atom stereocenters. The summed E-state index contributed by atoms with van der Waals surface area (Å²) in [5.41, 5.74) is -0.829. The highest BCUT2D eigenvalue weighted by Crippen LogP contribution is 2.42. The summed E-state index contributed by atoms with van der Waals surface area (Å²) in [5, 5.41) is 2.91. The molecule has 0 bridgehead atoms. The maximum atomic E-state index is 14.0. The second-order valence-electron chi connectivity index (χ2n) is 13.7. The van der Waals surface area contributed by atoms with Crippen molar-refractivity contribution in [2.45, 2.75) is 140 Å². The molecule has 0 aliphatic carbocycles. The van der Waals surface area contributed by atoms with Gasteiger partial charge in [0.1, 0.15) is 42.2 Å². The lowest BCUT2D eigenvalue weighted by atomic mass is 9.97. The number of ether oxygens (including phenoxy) is 10. The summed E-state index contributed by atoms with van der Waals surface area (Å²) in [5.74, 6) is -2.92. The van der Waals surface area contributed by atoms with E-state index in [-0.39, 0.29) is 19.4 Å². The number of hydrogen-bond acceptors (Lipinski definition) is 13. The van der Waals surface area contributed by atoms with Gasteiger partial charge in [0.2, 0.25) is 5.91 Å². The van der Waals surface area contributed by atoms with E-state index in [1.807, 2.05) is 0 Å². The number of hydrogen-bond donors (Lipinski definition) is 1. The molecule has 4 aliphatic rings. The van der Waals surface area contributed by atoms with E-state index in [0.717, 1.165) is 0 Å². The van der Waals surface area contributed by atoms with Crippen molar-refractivity contribution in [2.75, 3.05) is 27.9 Å². The van der Waals surface area contributed by atoms with Gasteiger partial charge in [0.25, 0.3) is 0 Å². The van der Waals surface area contributed by atoms with Crippen LogP contribution < -0.4 is 5.32 Å². The maximum Gasteiger partial charge on any atom is 0.410 e. The number of amides is 2. The maximum absolute atomic E-state index is 14.0. The van der Waals surface area contributed by atoms with Gasteiger partial charge in [0.15, 0.2) is 24.2 Å². The molecule has 4 rings (SSSR count). The average molecular weight is 659 g/mol. The molecule has 0 spiro atoms. The molecular weight excluding hydrogens is 608 g/mol. The molecule has 262 valence electrons. The molecule has 4 fully saturated rings. The van der Waals surface area contributed by atoms with Crippen molar-refractivity contribution in [3.8, 4) is 0 Å². The lowest BCUT2D eigenvalue weighted by Gasteiger charge is -2.38. The molecule has 46 heavy (non-hydrogen) atoms. The Hall–Kier alpha value is -2.37. The van der Waals surface area contributed by atoms with Crippen LogP contribution in [0, 0.1) is 0 Å². The second kappa shape index (κ2) is 14.0. The fourth-order valence-electron chi connectivity index (χ4n) is 6.35. The number of methoxy groups -OCH3 is 3. The van der Waals surface area contributed by atoms with Gasteiger partial charge in [0.05, 0.1) is 25.6 Å². The molecule has 4 heterocycles. The number of fused-ring (bicyclic) bond motifs is 2. The Kier molecular flexibility index (Phi) is 11.1. The highest BCUT2D eigenvalue weighted by atomic mass is 16.9. The summed E-state index contributed by atoms with van der Waals surface area (Å²) in [6.07, 6.45) is -5.55. The minimum absolute atomic E-state index is 0.0303. The highest BCUT2D eigenvalue weighted by molar-refractivity contribution is 5.79. The van der Waals surface area contributed by atoms with Crippen LogP contribution in [0.1, 0.15) is 61.3 Å². The monoisotopic (exact) mass is 658 g/mol. The first-order chi connectivity index (χ1) is 21.4. The van der Waals surface area contributed by atoms with Gasteiger partial charge in [-0.15, -0.1) is 6.58 Å². The smallest absolute Gasteiger partial charge is 0.410 e. The van der Waals surface area contributed by atoms with Crippen LogP contribution >= 0.6 is 0 Å². The lowest BCUT2D eigenvalue weighted by molar-refractivity contribution is -0.223. The Morgan fingerprint density at radius 1 is 0.870 bits per heavy atom. The minimum Gasteiger partial charge on any atom is -0.469 e. The number of nitrogens with one attached hydrogen (secondary N) is 1. The third kappa shape index (κ3) is 8.19. The van der Waals surface area contributed by atoms with Crippen molar-refractivity contribution in [1.82, 2.24) is 10.2 Å².